The Hall–Kier alpha value is -2.06. The van der Waals surface area contributed by atoms with Gasteiger partial charge in [-0.2, -0.15) is 0 Å². The molecule has 0 spiro atoms. The molecule has 3 aromatic rings. The van der Waals surface area contributed by atoms with Crippen molar-refractivity contribution in [3.63, 3.8) is 0 Å². The highest BCUT2D eigenvalue weighted by molar-refractivity contribution is 7.90. The van der Waals surface area contributed by atoms with Crippen LogP contribution in [0.4, 0.5) is 8.78 Å². The van der Waals surface area contributed by atoms with Crippen LogP contribution in [0.2, 0.25) is 10.2 Å². The van der Waals surface area contributed by atoms with Gasteiger partial charge < -0.3 is 0 Å². The fraction of sp³-hybridized carbons (Fsp3) is 0.261. The summed E-state index contributed by atoms with van der Waals surface area (Å²) >= 11 is 12.0. The lowest BCUT2D eigenvalue weighted by Crippen LogP contribution is -2.52. The number of likely N-dealkylation sites (tertiary alicyclic amines) is 1. The van der Waals surface area contributed by atoms with E-state index in [0.29, 0.717) is 23.3 Å². The molecule has 0 bridgehead atoms. The maximum absolute atomic E-state index is 13.8. The number of hydrogen-bond donors (Lipinski definition) is 0. The topological polar surface area (TPSA) is 50.3 Å². The first kappa shape index (κ1) is 23.1. The molecule has 2 aromatic carbocycles. The second-order valence-corrected chi connectivity index (χ2v) is 11.0. The smallest absolute Gasteiger partial charge is 0.154 e. The van der Waals surface area contributed by atoms with Gasteiger partial charge in [0.1, 0.15) is 16.8 Å². The molecular weight excluding hydrogens is 477 g/mol. The molecule has 1 saturated heterocycles. The van der Waals surface area contributed by atoms with E-state index in [-0.39, 0.29) is 17.5 Å². The summed E-state index contributed by atoms with van der Waals surface area (Å²) in [5.41, 5.74) is 1.98. The van der Waals surface area contributed by atoms with Crippen molar-refractivity contribution in [3.05, 3.63) is 99.3 Å². The van der Waals surface area contributed by atoms with E-state index in [4.69, 9.17) is 23.2 Å². The van der Waals surface area contributed by atoms with Crippen molar-refractivity contribution in [2.45, 2.75) is 11.3 Å². The second-order valence-electron chi connectivity index (χ2n) is 8.04. The van der Waals surface area contributed by atoms with Crippen LogP contribution in [0.3, 0.4) is 0 Å². The maximum atomic E-state index is 13.8. The van der Waals surface area contributed by atoms with Crippen molar-refractivity contribution in [3.8, 4) is 0 Å². The molecule has 1 fully saturated rings. The van der Waals surface area contributed by atoms with Crippen LogP contribution >= 0.6 is 23.2 Å². The monoisotopic (exact) mass is 496 g/mol. The Labute approximate surface area is 195 Å². The van der Waals surface area contributed by atoms with Crippen LogP contribution in [0.15, 0.2) is 60.8 Å². The molecule has 168 valence electrons. The third kappa shape index (κ3) is 4.96. The zero-order valence-corrected chi connectivity index (χ0v) is 19.4. The summed E-state index contributed by atoms with van der Waals surface area (Å²) in [6.45, 7) is 0.845. The quantitative estimate of drug-likeness (QED) is 0.424. The molecule has 32 heavy (non-hydrogen) atoms. The predicted octanol–water partition coefficient (Wildman–Crippen LogP) is 5.47. The van der Waals surface area contributed by atoms with E-state index in [9.17, 15) is 17.2 Å². The van der Waals surface area contributed by atoms with Crippen LogP contribution in [0, 0.1) is 17.6 Å². The number of sulfone groups is 1. The lowest BCUT2D eigenvalue weighted by molar-refractivity contribution is 0.0653. The van der Waals surface area contributed by atoms with Gasteiger partial charge in [0.2, 0.25) is 0 Å². The fourth-order valence-corrected chi connectivity index (χ4v) is 6.11. The first-order chi connectivity index (χ1) is 15.1. The molecule has 4 rings (SSSR count). The molecule has 1 aromatic heterocycles. The Bertz CT molecular complexity index is 1150. The molecule has 1 aliphatic rings. The highest BCUT2D eigenvalue weighted by Gasteiger charge is 2.43. The predicted molar refractivity (Wildman–Crippen MR) is 122 cm³/mol. The van der Waals surface area contributed by atoms with Gasteiger partial charge in [-0.3, -0.25) is 4.90 Å². The molecule has 1 aliphatic heterocycles. The number of aromatic nitrogens is 1. The molecule has 0 amide bonds. The number of halogens is 4. The first-order valence-electron chi connectivity index (χ1n) is 9.87. The zero-order valence-electron chi connectivity index (χ0n) is 17.1. The van der Waals surface area contributed by atoms with Gasteiger partial charge in [-0.15, -0.1) is 0 Å². The molecule has 0 radical (unpaired) electrons. The number of hydrogen-bond acceptors (Lipinski definition) is 4. The Kier molecular flexibility index (Phi) is 6.54. The lowest BCUT2D eigenvalue weighted by atomic mass is 9.87. The number of nitrogens with zero attached hydrogens (tertiary/aromatic N) is 2. The minimum Gasteiger partial charge on any atom is -0.292 e. The summed E-state index contributed by atoms with van der Waals surface area (Å²) in [6.07, 6.45) is 2.79. The summed E-state index contributed by atoms with van der Waals surface area (Å²) in [4.78, 5) is 6.28. The Morgan fingerprint density at radius 2 is 1.53 bits per heavy atom. The van der Waals surface area contributed by atoms with Crippen molar-refractivity contribution < 1.29 is 17.2 Å². The number of benzene rings is 2. The summed E-state index contributed by atoms with van der Waals surface area (Å²) in [5.74, 6) is -1.91. The van der Waals surface area contributed by atoms with Crippen molar-refractivity contribution >= 4 is 33.0 Å². The van der Waals surface area contributed by atoms with Gasteiger partial charge >= 0.3 is 0 Å². The van der Waals surface area contributed by atoms with Crippen molar-refractivity contribution in [2.75, 3.05) is 19.3 Å². The van der Waals surface area contributed by atoms with E-state index in [2.05, 4.69) is 9.88 Å². The SMILES string of the molecule is CS(=O)(=O)C(c1cc(F)cc(F)c1)C1CN(C(c2ccc(Cl)cc2)c2ccc(Cl)nc2)C1. The van der Waals surface area contributed by atoms with Gasteiger partial charge in [0.05, 0.1) is 11.3 Å². The average Bonchev–Trinajstić information content (AvgIpc) is 2.67. The van der Waals surface area contributed by atoms with E-state index >= 15 is 0 Å². The highest BCUT2D eigenvalue weighted by atomic mass is 35.5. The Balaban J connectivity index is 1.64. The first-order valence-corrected chi connectivity index (χ1v) is 12.6. The standard InChI is InChI=1S/C23H20Cl2F2N2O2S/c1-32(30,31)23(16-8-19(26)10-20(27)9-16)17-12-29(13-17)22(14-2-5-18(24)6-3-14)15-4-7-21(25)28-11-15/h2-11,17,22-23H,12-13H2,1H3. The average molecular weight is 497 g/mol. The van der Waals surface area contributed by atoms with Gasteiger partial charge in [0.25, 0.3) is 0 Å². The van der Waals surface area contributed by atoms with Gasteiger partial charge in [0, 0.05) is 42.5 Å². The second kappa shape index (κ2) is 9.06. The largest absolute Gasteiger partial charge is 0.292 e. The Morgan fingerprint density at radius 1 is 0.938 bits per heavy atom. The van der Waals surface area contributed by atoms with Crippen molar-refractivity contribution in [1.29, 1.82) is 0 Å². The van der Waals surface area contributed by atoms with Gasteiger partial charge in [-0.05, 0) is 47.0 Å². The molecule has 2 unspecified atom stereocenters. The third-order valence-corrected chi connectivity index (χ3v) is 7.71. The molecule has 2 heterocycles. The highest BCUT2D eigenvalue weighted by Crippen LogP contribution is 2.42. The molecule has 4 nitrogen and oxygen atoms in total. The van der Waals surface area contributed by atoms with Crippen molar-refractivity contribution in [1.82, 2.24) is 9.88 Å². The van der Waals surface area contributed by atoms with E-state index in [1.54, 1.807) is 24.4 Å². The molecular formula is C23H20Cl2F2N2O2S. The summed E-state index contributed by atoms with van der Waals surface area (Å²) in [6, 6.07) is 13.7. The van der Waals surface area contributed by atoms with Crippen LogP contribution < -0.4 is 0 Å². The molecule has 9 heteroatoms. The Morgan fingerprint density at radius 3 is 2.06 bits per heavy atom. The third-order valence-electron chi connectivity index (χ3n) is 5.66. The fourth-order valence-electron chi connectivity index (χ4n) is 4.37. The molecule has 0 saturated carbocycles. The summed E-state index contributed by atoms with van der Waals surface area (Å²) in [7, 11) is -3.61. The zero-order chi connectivity index (χ0) is 23.0. The minimum absolute atomic E-state index is 0.130. The van der Waals surface area contributed by atoms with Crippen LogP contribution in [0.5, 0.6) is 0 Å². The molecule has 0 aliphatic carbocycles. The van der Waals surface area contributed by atoms with Crippen molar-refractivity contribution in [2.24, 2.45) is 5.92 Å². The van der Waals surface area contributed by atoms with Gasteiger partial charge in [-0.1, -0.05) is 41.4 Å². The minimum atomic E-state index is -3.61. The number of pyridine rings is 1. The summed E-state index contributed by atoms with van der Waals surface area (Å²) in [5, 5.41) is -0.0259. The van der Waals surface area contributed by atoms with Crippen LogP contribution in [-0.2, 0) is 9.84 Å². The normalized spacial score (nSPS) is 17.0. The molecule has 2 atom stereocenters. The lowest BCUT2D eigenvalue weighted by Gasteiger charge is -2.47. The van der Waals surface area contributed by atoms with Gasteiger partial charge in [-0.25, -0.2) is 22.2 Å². The number of rotatable bonds is 6. The molecule has 0 N–H and O–H groups in total. The van der Waals surface area contributed by atoms with E-state index in [1.165, 1.54) is 0 Å². The van der Waals surface area contributed by atoms with Crippen LogP contribution in [0.25, 0.3) is 0 Å². The van der Waals surface area contributed by atoms with Crippen LogP contribution in [0.1, 0.15) is 28.0 Å². The van der Waals surface area contributed by atoms with E-state index in [0.717, 1.165) is 35.6 Å². The van der Waals surface area contributed by atoms with E-state index in [1.807, 2.05) is 18.2 Å². The summed E-state index contributed by atoms with van der Waals surface area (Å²) < 4.78 is 52.8. The maximum Gasteiger partial charge on any atom is 0.154 e. The van der Waals surface area contributed by atoms with Crippen LogP contribution in [-0.4, -0.2) is 37.6 Å². The van der Waals surface area contributed by atoms with Gasteiger partial charge in [0.15, 0.2) is 9.84 Å². The van der Waals surface area contributed by atoms with E-state index < -0.39 is 26.7 Å².